The number of halogens is 5. The summed E-state index contributed by atoms with van der Waals surface area (Å²) in [6, 6.07) is 4.84. The standard InChI is InChI=1S/C18H24BrF3N2O.ClH/c1-2-3-4-5-6-17(24-9-7-23-8-10-24)14-11-15(19)13-16(12-14)25-18(20,21)22;/h2,11-13,17,23H,1,3-10H2;1H/t17-;/m0./s1. The number of rotatable bonds is 8. The molecule has 1 aliphatic heterocycles. The second kappa shape index (κ2) is 11.2. The fourth-order valence-corrected chi connectivity index (χ4v) is 3.64. The minimum atomic E-state index is -4.69. The Balaban J connectivity index is 0.00000338. The minimum absolute atomic E-state index is 0. The number of benzene rings is 1. The van der Waals surface area contributed by atoms with Crippen LogP contribution < -0.4 is 10.1 Å². The Labute approximate surface area is 167 Å². The Morgan fingerprint density at radius 3 is 2.54 bits per heavy atom. The topological polar surface area (TPSA) is 24.5 Å². The first-order chi connectivity index (χ1) is 11.9. The van der Waals surface area contributed by atoms with E-state index >= 15 is 0 Å². The molecule has 8 heteroatoms. The average Bonchev–Trinajstić information content (AvgIpc) is 2.53. The fraction of sp³-hybridized carbons (Fsp3) is 0.556. The molecule has 0 spiro atoms. The van der Waals surface area contributed by atoms with Crippen LogP contribution in [0.5, 0.6) is 5.75 Å². The van der Waals surface area contributed by atoms with E-state index in [2.05, 4.69) is 37.5 Å². The van der Waals surface area contributed by atoms with Crippen LogP contribution in [0.4, 0.5) is 13.2 Å². The van der Waals surface area contributed by atoms with Gasteiger partial charge in [0, 0.05) is 36.7 Å². The smallest absolute Gasteiger partial charge is 0.406 e. The Morgan fingerprint density at radius 1 is 1.23 bits per heavy atom. The van der Waals surface area contributed by atoms with Crippen molar-refractivity contribution in [1.82, 2.24) is 10.2 Å². The van der Waals surface area contributed by atoms with Crippen molar-refractivity contribution in [3.05, 3.63) is 40.9 Å². The monoisotopic (exact) mass is 456 g/mol. The minimum Gasteiger partial charge on any atom is -0.406 e. The van der Waals surface area contributed by atoms with Crippen molar-refractivity contribution >= 4 is 28.3 Å². The highest BCUT2D eigenvalue weighted by Gasteiger charge is 2.32. The van der Waals surface area contributed by atoms with Crippen molar-refractivity contribution in [3.63, 3.8) is 0 Å². The van der Waals surface area contributed by atoms with E-state index in [0.717, 1.165) is 57.4 Å². The maximum absolute atomic E-state index is 12.6. The summed E-state index contributed by atoms with van der Waals surface area (Å²) in [6.07, 6.45) is 1.10. The molecule has 148 valence electrons. The van der Waals surface area contributed by atoms with Crippen LogP contribution in [0.15, 0.2) is 35.3 Å². The zero-order valence-electron chi connectivity index (χ0n) is 14.5. The van der Waals surface area contributed by atoms with E-state index in [1.165, 1.54) is 12.1 Å². The molecule has 0 aromatic heterocycles. The van der Waals surface area contributed by atoms with Crippen molar-refractivity contribution in [2.24, 2.45) is 0 Å². The van der Waals surface area contributed by atoms with Gasteiger partial charge in [-0.3, -0.25) is 4.90 Å². The second-order valence-corrected chi connectivity index (χ2v) is 7.06. The average molecular weight is 458 g/mol. The van der Waals surface area contributed by atoms with Crippen molar-refractivity contribution in [1.29, 1.82) is 0 Å². The summed E-state index contributed by atoms with van der Waals surface area (Å²) >= 11 is 3.31. The molecule has 1 saturated heterocycles. The lowest BCUT2D eigenvalue weighted by molar-refractivity contribution is -0.274. The van der Waals surface area contributed by atoms with E-state index in [1.54, 1.807) is 0 Å². The summed E-state index contributed by atoms with van der Waals surface area (Å²) in [5.41, 5.74) is 0.856. The summed E-state index contributed by atoms with van der Waals surface area (Å²) in [7, 11) is 0. The van der Waals surface area contributed by atoms with Crippen LogP contribution in [0.25, 0.3) is 0 Å². The molecule has 26 heavy (non-hydrogen) atoms. The third kappa shape index (κ3) is 7.86. The van der Waals surface area contributed by atoms with Crippen LogP contribution >= 0.6 is 28.3 Å². The Morgan fingerprint density at radius 2 is 1.92 bits per heavy atom. The molecule has 1 N–H and O–H groups in total. The van der Waals surface area contributed by atoms with Gasteiger partial charge in [-0.15, -0.1) is 32.2 Å². The number of hydrogen-bond donors (Lipinski definition) is 1. The summed E-state index contributed by atoms with van der Waals surface area (Å²) in [6.45, 7) is 7.28. The Kier molecular flexibility index (Phi) is 10.00. The third-order valence-corrected chi connectivity index (χ3v) is 4.70. The van der Waals surface area contributed by atoms with E-state index in [0.29, 0.717) is 4.47 Å². The molecule has 1 aromatic carbocycles. The molecule has 1 fully saturated rings. The van der Waals surface area contributed by atoms with Gasteiger partial charge in [0.1, 0.15) is 5.75 Å². The van der Waals surface area contributed by atoms with Crippen molar-refractivity contribution in [2.45, 2.75) is 38.1 Å². The first-order valence-corrected chi connectivity index (χ1v) is 9.30. The van der Waals surface area contributed by atoms with E-state index < -0.39 is 6.36 Å². The summed E-state index contributed by atoms with van der Waals surface area (Å²) < 4.78 is 42.5. The third-order valence-electron chi connectivity index (χ3n) is 4.24. The molecule has 0 amide bonds. The number of ether oxygens (including phenoxy) is 1. The van der Waals surface area contributed by atoms with Crippen molar-refractivity contribution < 1.29 is 17.9 Å². The first kappa shape index (κ1) is 23.3. The highest BCUT2D eigenvalue weighted by Crippen LogP contribution is 2.34. The van der Waals surface area contributed by atoms with Crippen LogP contribution in [0.2, 0.25) is 0 Å². The van der Waals surface area contributed by atoms with Gasteiger partial charge in [-0.25, -0.2) is 0 Å². The Hall–Kier alpha value is -0.760. The van der Waals surface area contributed by atoms with Crippen LogP contribution in [-0.4, -0.2) is 37.4 Å². The predicted molar refractivity (Wildman–Crippen MR) is 104 cm³/mol. The van der Waals surface area contributed by atoms with E-state index in [1.807, 2.05) is 12.1 Å². The van der Waals surface area contributed by atoms with Crippen molar-refractivity contribution in [3.8, 4) is 5.75 Å². The van der Waals surface area contributed by atoms with Gasteiger partial charge in [0.25, 0.3) is 0 Å². The number of piperazine rings is 1. The molecule has 1 aliphatic rings. The van der Waals surface area contributed by atoms with E-state index in [9.17, 15) is 13.2 Å². The maximum Gasteiger partial charge on any atom is 0.573 e. The van der Waals surface area contributed by atoms with E-state index in [-0.39, 0.29) is 24.2 Å². The molecule has 1 atom stereocenters. The van der Waals surface area contributed by atoms with Gasteiger partial charge in [0.05, 0.1) is 0 Å². The van der Waals surface area contributed by atoms with Gasteiger partial charge < -0.3 is 10.1 Å². The molecular weight excluding hydrogens is 433 g/mol. The Bertz CT molecular complexity index is 566. The molecule has 0 unspecified atom stereocenters. The van der Waals surface area contributed by atoms with Gasteiger partial charge >= 0.3 is 6.36 Å². The molecule has 1 aromatic rings. The quantitative estimate of drug-likeness (QED) is 0.414. The molecule has 2 rings (SSSR count). The fourth-order valence-electron chi connectivity index (χ4n) is 3.15. The second-order valence-electron chi connectivity index (χ2n) is 6.14. The highest BCUT2D eigenvalue weighted by atomic mass is 79.9. The van der Waals surface area contributed by atoms with Gasteiger partial charge in [0.15, 0.2) is 0 Å². The number of nitrogens with zero attached hydrogens (tertiary/aromatic N) is 1. The number of hydrogen-bond acceptors (Lipinski definition) is 3. The number of alkyl halides is 3. The maximum atomic E-state index is 12.6. The molecular formula is C18H25BrClF3N2O. The molecule has 0 aliphatic carbocycles. The van der Waals surface area contributed by atoms with Crippen LogP contribution in [0.1, 0.15) is 37.3 Å². The first-order valence-electron chi connectivity index (χ1n) is 8.51. The van der Waals surface area contributed by atoms with Gasteiger partial charge in [0.2, 0.25) is 0 Å². The lowest BCUT2D eigenvalue weighted by Gasteiger charge is -2.35. The summed E-state index contributed by atoms with van der Waals surface area (Å²) in [5.74, 6) is -0.178. The molecule has 0 bridgehead atoms. The predicted octanol–water partition coefficient (Wildman–Crippen LogP) is 5.46. The van der Waals surface area contributed by atoms with Gasteiger partial charge in [-0.2, -0.15) is 0 Å². The largest absolute Gasteiger partial charge is 0.573 e. The van der Waals surface area contributed by atoms with Gasteiger partial charge in [-0.05, 0) is 43.0 Å². The van der Waals surface area contributed by atoms with Crippen LogP contribution in [0.3, 0.4) is 0 Å². The number of unbranched alkanes of at least 4 members (excludes halogenated alkanes) is 2. The van der Waals surface area contributed by atoms with Crippen LogP contribution in [-0.2, 0) is 0 Å². The normalized spacial score (nSPS) is 16.6. The molecule has 3 nitrogen and oxygen atoms in total. The highest BCUT2D eigenvalue weighted by molar-refractivity contribution is 9.10. The lowest BCUT2D eigenvalue weighted by atomic mass is 9.98. The molecule has 0 saturated carbocycles. The zero-order valence-corrected chi connectivity index (χ0v) is 16.9. The van der Waals surface area contributed by atoms with Crippen molar-refractivity contribution in [2.75, 3.05) is 26.2 Å². The van der Waals surface area contributed by atoms with Crippen LogP contribution in [0, 0.1) is 0 Å². The molecule has 0 radical (unpaired) electrons. The van der Waals surface area contributed by atoms with Gasteiger partial charge in [-0.1, -0.05) is 28.4 Å². The van der Waals surface area contributed by atoms with E-state index in [4.69, 9.17) is 0 Å². The number of nitrogens with one attached hydrogen (secondary N) is 1. The molecule has 1 heterocycles. The summed E-state index contributed by atoms with van der Waals surface area (Å²) in [4.78, 5) is 2.34. The zero-order chi connectivity index (χ0) is 18.3. The summed E-state index contributed by atoms with van der Waals surface area (Å²) in [5, 5.41) is 3.31. The SMILES string of the molecule is C=CCCCC[C@@H](c1cc(Br)cc(OC(F)(F)F)c1)N1CCNCC1.Cl. The lowest BCUT2D eigenvalue weighted by Crippen LogP contribution is -2.45. The number of allylic oxidation sites excluding steroid dienone is 1.